The summed E-state index contributed by atoms with van der Waals surface area (Å²) in [5.41, 5.74) is 0. The second-order valence-electron chi connectivity index (χ2n) is 3.16. The second kappa shape index (κ2) is 4.06. The first-order valence-corrected chi connectivity index (χ1v) is 5.93. The van der Waals surface area contributed by atoms with E-state index < -0.39 is 15.9 Å². The molecule has 1 heterocycles. The van der Waals surface area contributed by atoms with Crippen molar-refractivity contribution in [2.75, 3.05) is 18.8 Å². The zero-order valence-electron chi connectivity index (χ0n) is 7.54. The molecule has 5 nitrogen and oxygen atoms in total. The van der Waals surface area contributed by atoms with E-state index in [1.165, 1.54) is 6.92 Å². The van der Waals surface area contributed by atoms with E-state index in [0.29, 0.717) is 12.3 Å². The third-order valence-electron chi connectivity index (χ3n) is 1.99. The minimum atomic E-state index is -3.37. The lowest BCUT2D eigenvalue weighted by atomic mass is 9.99. The number of rotatable bonds is 4. The van der Waals surface area contributed by atoms with Gasteiger partial charge in [-0.25, -0.2) is 8.42 Å². The molecule has 0 aromatic rings. The first-order chi connectivity index (χ1) is 6.03. The maximum absolute atomic E-state index is 11.1. The molecular weight excluding hydrogens is 192 g/mol. The van der Waals surface area contributed by atoms with Crippen LogP contribution in [-0.2, 0) is 14.8 Å². The number of hydrogen-bond donors (Lipinski definition) is 2. The average Bonchev–Trinajstić information content (AvgIpc) is 1.96. The number of hydrogen-bond acceptors (Lipinski definition) is 4. The topological polar surface area (TPSA) is 75.3 Å². The first kappa shape index (κ1) is 10.5. The number of nitrogens with one attached hydrogen (secondary N) is 2. The highest BCUT2D eigenvalue weighted by Crippen LogP contribution is 2.07. The van der Waals surface area contributed by atoms with Crippen molar-refractivity contribution >= 4 is 15.9 Å². The van der Waals surface area contributed by atoms with E-state index in [1.807, 2.05) is 4.72 Å². The molecule has 1 rings (SSSR count). The summed E-state index contributed by atoms with van der Waals surface area (Å²) in [7, 11) is -3.37. The molecule has 76 valence electrons. The normalized spacial score (nSPS) is 17.9. The molecule has 0 bridgehead atoms. The fraction of sp³-hybridized carbons (Fsp3) is 0.857. The molecule has 0 saturated carbocycles. The Hall–Kier alpha value is -0.620. The molecule has 0 radical (unpaired) electrons. The van der Waals surface area contributed by atoms with Crippen LogP contribution in [-0.4, -0.2) is 33.2 Å². The van der Waals surface area contributed by atoms with Gasteiger partial charge in [0.2, 0.25) is 15.9 Å². The van der Waals surface area contributed by atoms with Crippen molar-refractivity contribution in [1.29, 1.82) is 0 Å². The Morgan fingerprint density at radius 3 is 2.54 bits per heavy atom. The molecule has 1 aliphatic heterocycles. The van der Waals surface area contributed by atoms with Gasteiger partial charge in [-0.1, -0.05) is 0 Å². The summed E-state index contributed by atoms with van der Waals surface area (Å²) in [6.45, 7) is 3.11. The Bertz CT molecular complexity index is 282. The summed E-state index contributed by atoms with van der Waals surface area (Å²) >= 11 is 0. The predicted octanol–water partition coefficient (Wildman–Crippen LogP) is -0.938. The van der Waals surface area contributed by atoms with E-state index in [9.17, 15) is 13.2 Å². The molecule has 2 N–H and O–H groups in total. The van der Waals surface area contributed by atoms with Crippen LogP contribution in [0.4, 0.5) is 0 Å². The Balaban J connectivity index is 2.32. The van der Waals surface area contributed by atoms with Gasteiger partial charge >= 0.3 is 0 Å². The maximum atomic E-state index is 11.1. The summed E-state index contributed by atoms with van der Waals surface area (Å²) in [6, 6.07) is 0. The highest BCUT2D eigenvalue weighted by molar-refractivity contribution is 7.90. The SMILES string of the molecule is CCS(=O)(=O)NC(=O)CC1CNC1. The second-order valence-corrected chi connectivity index (χ2v) is 5.17. The summed E-state index contributed by atoms with van der Waals surface area (Å²) in [5.74, 6) is -0.151. The van der Waals surface area contributed by atoms with Gasteiger partial charge in [0, 0.05) is 6.42 Å². The van der Waals surface area contributed by atoms with E-state index in [2.05, 4.69) is 5.32 Å². The molecule has 0 unspecified atom stereocenters. The zero-order valence-corrected chi connectivity index (χ0v) is 8.36. The van der Waals surface area contributed by atoms with Crippen LogP contribution >= 0.6 is 0 Å². The number of carbonyl (C=O) groups is 1. The van der Waals surface area contributed by atoms with E-state index >= 15 is 0 Å². The predicted molar refractivity (Wildman–Crippen MR) is 48.6 cm³/mol. The molecule has 1 amide bonds. The lowest BCUT2D eigenvalue weighted by molar-refractivity contribution is -0.120. The number of sulfonamides is 1. The van der Waals surface area contributed by atoms with Crippen LogP contribution < -0.4 is 10.0 Å². The van der Waals surface area contributed by atoms with Crippen LogP contribution in [0.15, 0.2) is 0 Å². The quantitative estimate of drug-likeness (QED) is 0.622. The van der Waals surface area contributed by atoms with Crippen LogP contribution in [0.25, 0.3) is 0 Å². The standard InChI is InChI=1S/C7H14N2O3S/c1-2-13(11,12)9-7(10)3-6-4-8-5-6/h6,8H,2-5H2,1H3,(H,9,10). The van der Waals surface area contributed by atoms with E-state index in [0.717, 1.165) is 13.1 Å². The Morgan fingerprint density at radius 1 is 1.54 bits per heavy atom. The van der Waals surface area contributed by atoms with Crippen molar-refractivity contribution in [3.8, 4) is 0 Å². The molecule has 0 aromatic heterocycles. The minimum Gasteiger partial charge on any atom is -0.316 e. The van der Waals surface area contributed by atoms with Gasteiger partial charge in [-0.2, -0.15) is 0 Å². The van der Waals surface area contributed by atoms with Gasteiger partial charge in [-0.3, -0.25) is 9.52 Å². The van der Waals surface area contributed by atoms with E-state index in [4.69, 9.17) is 0 Å². The first-order valence-electron chi connectivity index (χ1n) is 4.27. The number of carbonyl (C=O) groups excluding carboxylic acids is 1. The van der Waals surface area contributed by atoms with Gasteiger partial charge in [0.15, 0.2) is 0 Å². The van der Waals surface area contributed by atoms with E-state index in [-0.39, 0.29) is 5.75 Å². The van der Waals surface area contributed by atoms with Crippen molar-refractivity contribution in [3.63, 3.8) is 0 Å². The largest absolute Gasteiger partial charge is 0.316 e. The summed E-state index contributed by atoms with van der Waals surface area (Å²) in [4.78, 5) is 11.1. The van der Waals surface area contributed by atoms with E-state index in [1.54, 1.807) is 0 Å². The molecular formula is C7H14N2O3S. The highest BCUT2D eigenvalue weighted by Gasteiger charge is 2.21. The van der Waals surface area contributed by atoms with Crippen LogP contribution in [0.3, 0.4) is 0 Å². The van der Waals surface area contributed by atoms with Crippen LogP contribution in [0.5, 0.6) is 0 Å². The van der Waals surface area contributed by atoms with Gasteiger partial charge in [0.25, 0.3) is 0 Å². The van der Waals surface area contributed by atoms with Crippen LogP contribution in [0.2, 0.25) is 0 Å². The summed E-state index contributed by atoms with van der Waals surface area (Å²) in [6.07, 6.45) is 0.298. The summed E-state index contributed by atoms with van der Waals surface area (Å²) in [5, 5.41) is 3.01. The summed E-state index contributed by atoms with van der Waals surface area (Å²) < 4.78 is 23.9. The van der Waals surface area contributed by atoms with Crippen molar-refractivity contribution in [2.24, 2.45) is 5.92 Å². The lowest BCUT2D eigenvalue weighted by Crippen LogP contribution is -2.45. The molecule has 0 aromatic carbocycles. The molecule has 1 fully saturated rings. The Morgan fingerprint density at radius 2 is 2.15 bits per heavy atom. The maximum Gasteiger partial charge on any atom is 0.234 e. The van der Waals surface area contributed by atoms with Crippen LogP contribution in [0.1, 0.15) is 13.3 Å². The zero-order chi connectivity index (χ0) is 9.90. The minimum absolute atomic E-state index is 0.0539. The smallest absolute Gasteiger partial charge is 0.234 e. The third-order valence-corrected chi connectivity index (χ3v) is 3.29. The molecule has 0 atom stereocenters. The van der Waals surface area contributed by atoms with Gasteiger partial charge in [0.05, 0.1) is 5.75 Å². The van der Waals surface area contributed by atoms with Crippen molar-refractivity contribution in [3.05, 3.63) is 0 Å². The highest BCUT2D eigenvalue weighted by atomic mass is 32.2. The van der Waals surface area contributed by atoms with Gasteiger partial charge in [-0.05, 0) is 25.9 Å². The fourth-order valence-corrected chi connectivity index (χ4v) is 1.62. The molecule has 0 aliphatic carbocycles. The van der Waals surface area contributed by atoms with Gasteiger partial charge in [-0.15, -0.1) is 0 Å². The molecule has 1 aliphatic rings. The molecule has 1 saturated heterocycles. The Labute approximate surface area is 77.9 Å². The molecule has 6 heteroatoms. The molecule has 0 spiro atoms. The Kier molecular flexibility index (Phi) is 3.27. The van der Waals surface area contributed by atoms with Crippen molar-refractivity contribution in [2.45, 2.75) is 13.3 Å². The van der Waals surface area contributed by atoms with Crippen molar-refractivity contribution < 1.29 is 13.2 Å². The van der Waals surface area contributed by atoms with Crippen molar-refractivity contribution in [1.82, 2.24) is 10.0 Å². The third kappa shape index (κ3) is 3.31. The van der Waals surface area contributed by atoms with Gasteiger partial charge < -0.3 is 5.32 Å². The lowest BCUT2D eigenvalue weighted by Gasteiger charge is -2.26. The fourth-order valence-electron chi connectivity index (χ4n) is 1.04. The molecule has 13 heavy (non-hydrogen) atoms. The van der Waals surface area contributed by atoms with Gasteiger partial charge in [0.1, 0.15) is 0 Å². The monoisotopic (exact) mass is 206 g/mol. The average molecular weight is 206 g/mol. The van der Waals surface area contributed by atoms with Crippen LogP contribution in [0, 0.1) is 5.92 Å². The number of amides is 1.